The number of allylic oxidation sites excluding steroid dienone is 1. The number of carbonyl (C=O) groups excluding carboxylic acids is 2. The molecule has 1 fully saturated rings. The van der Waals surface area contributed by atoms with Crippen LogP contribution in [0.2, 0.25) is 0 Å². The fraction of sp³-hybridized carbons (Fsp3) is 0.737. The molecule has 0 radical (unpaired) electrons. The highest BCUT2D eigenvalue weighted by Gasteiger charge is 2.26. The Morgan fingerprint density at radius 2 is 2.14 bits per heavy atom. The minimum absolute atomic E-state index is 0.0171. The van der Waals surface area contributed by atoms with Gasteiger partial charge in [-0.05, 0) is 26.3 Å². The van der Waals surface area contributed by atoms with E-state index in [4.69, 9.17) is 0 Å². The molecule has 0 aromatic heterocycles. The molecule has 28 heavy (non-hydrogen) atoms. The van der Waals surface area contributed by atoms with Crippen LogP contribution in [0.1, 0.15) is 39.0 Å². The molecule has 0 saturated carbocycles. The van der Waals surface area contributed by atoms with E-state index in [1.54, 1.807) is 25.9 Å². The molecular weight excluding hydrogens is 376 g/mol. The molecule has 2 atom stereocenters. The number of nitrogens with one attached hydrogen (secondary N) is 5. The van der Waals surface area contributed by atoms with Gasteiger partial charge in [0.1, 0.15) is 0 Å². The van der Waals surface area contributed by atoms with Crippen LogP contribution >= 0.6 is 11.8 Å². The standard InChI is InChI=1S/C19H36N6O2S/c1-5-6-8-14-16(13-17(26)25-14)28-12-11-23-18(27)15(20-2)9-7-10-24-19(21-3)22-4/h8,15-16,20H,5-7,9-13H2,1-4H3,(H,23,27)(H,25,26)(H2,21,22,24)/b14-8-. The maximum atomic E-state index is 12.4. The van der Waals surface area contributed by atoms with Crippen molar-refractivity contribution in [2.45, 2.75) is 50.3 Å². The summed E-state index contributed by atoms with van der Waals surface area (Å²) in [6, 6.07) is -0.210. The van der Waals surface area contributed by atoms with Crippen molar-refractivity contribution in [3.05, 3.63) is 11.8 Å². The van der Waals surface area contributed by atoms with Crippen molar-refractivity contribution >= 4 is 29.5 Å². The van der Waals surface area contributed by atoms with Crippen LogP contribution in [0.5, 0.6) is 0 Å². The van der Waals surface area contributed by atoms with E-state index in [1.807, 2.05) is 7.05 Å². The van der Waals surface area contributed by atoms with E-state index < -0.39 is 0 Å². The zero-order valence-corrected chi connectivity index (χ0v) is 18.4. The van der Waals surface area contributed by atoms with Crippen LogP contribution in [0, 0.1) is 0 Å². The Morgan fingerprint density at radius 3 is 2.79 bits per heavy atom. The van der Waals surface area contributed by atoms with Crippen molar-refractivity contribution in [1.82, 2.24) is 26.6 Å². The van der Waals surface area contributed by atoms with Crippen LogP contribution in [0.4, 0.5) is 0 Å². The summed E-state index contributed by atoms with van der Waals surface area (Å²) >= 11 is 1.72. The summed E-state index contributed by atoms with van der Waals surface area (Å²) in [6.07, 6.45) is 6.28. The number of amides is 2. The largest absolute Gasteiger partial charge is 0.359 e. The average molecular weight is 413 g/mol. The molecule has 5 N–H and O–H groups in total. The number of rotatable bonds is 12. The molecule has 2 amide bonds. The Morgan fingerprint density at radius 1 is 1.36 bits per heavy atom. The smallest absolute Gasteiger partial charge is 0.237 e. The van der Waals surface area contributed by atoms with Crippen molar-refractivity contribution in [2.75, 3.05) is 40.0 Å². The number of hydrogen-bond donors (Lipinski definition) is 5. The highest BCUT2D eigenvalue weighted by Crippen LogP contribution is 2.26. The summed E-state index contributed by atoms with van der Waals surface area (Å²) < 4.78 is 0. The Bertz CT molecular complexity index is 553. The zero-order valence-electron chi connectivity index (χ0n) is 17.6. The molecule has 9 heteroatoms. The third-order valence-electron chi connectivity index (χ3n) is 4.46. The lowest BCUT2D eigenvalue weighted by Gasteiger charge is -2.17. The van der Waals surface area contributed by atoms with Gasteiger partial charge in [0.25, 0.3) is 0 Å². The molecule has 2 unspecified atom stereocenters. The van der Waals surface area contributed by atoms with Crippen molar-refractivity contribution < 1.29 is 9.59 Å². The van der Waals surface area contributed by atoms with Crippen molar-refractivity contribution in [3.63, 3.8) is 0 Å². The van der Waals surface area contributed by atoms with Crippen LogP contribution in [0.15, 0.2) is 16.8 Å². The van der Waals surface area contributed by atoms with Crippen molar-refractivity contribution in [3.8, 4) is 0 Å². The minimum atomic E-state index is -0.210. The number of nitrogens with zero attached hydrogens (tertiary/aromatic N) is 1. The third-order valence-corrected chi connectivity index (χ3v) is 5.72. The molecule has 1 saturated heterocycles. The van der Waals surface area contributed by atoms with Gasteiger partial charge in [-0.15, -0.1) is 11.8 Å². The topological polar surface area (TPSA) is 107 Å². The zero-order chi connectivity index (χ0) is 20.8. The molecule has 0 aliphatic carbocycles. The van der Waals surface area contributed by atoms with E-state index >= 15 is 0 Å². The quantitative estimate of drug-likeness (QED) is 0.182. The molecular formula is C19H36N6O2S. The molecule has 0 spiro atoms. The van der Waals surface area contributed by atoms with Gasteiger partial charge in [0, 0.05) is 45.1 Å². The second kappa shape index (κ2) is 14.3. The summed E-state index contributed by atoms with van der Waals surface area (Å²) in [4.78, 5) is 28.0. The van der Waals surface area contributed by atoms with E-state index in [2.05, 4.69) is 44.6 Å². The van der Waals surface area contributed by atoms with Gasteiger partial charge >= 0.3 is 0 Å². The lowest BCUT2D eigenvalue weighted by Crippen LogP contribution is -2.44. The maximum absolute atomic E-state index is 12.4. The molecule has 0 aromatic carbocycles. The number of likely N-dealkylation sites (N-methyl/N-ethyl adjacent to an activating group) is 1. The number of hydrogen-bond acceptors (Lipinski definition) is 5. The van der Waals surface area contributed by atoms with Gasteiger partial charge in [-0.3, -0.25) is 14.6 Å². The number of aliphatic imine (C=N–C) groups is 1. The molecule has 0 aromatic rings. The van der Waals surface area contributed by atoms with E-state index in [0.717, 1.165) is 49.6 Å². The van der Waals surface area contributed by atoms with Crippen molar-refractivity contribution in [2.24, 2.45) is 4.99 Å². The number of unbranched alkanes of at least 4 members (excludes halogenated alkanes) is 1. The average Bonchev–Trinajstić information content (AvgIpc) is 3.05. The highest BCUT2D eigenvalue weighted by atomic mass is 32.2. The van der Waals surface area contributed by atoms with Gasteiger partial charge in [-0.2, -0.15) is 0 Å². The SMILES string of the molecule is CCC/C=C1\NC(=O)CC1SCCNC(=O)C(CCCN/C(=N/C)NC)NC. The summed E-state index contributed by atoms with van der Waals surface area (Å²) in [6.45, 7) is 3.47. The monoisotopic (exact) mass is 412 g/mol. The lowest BCUT2D eigenvalue weighted by molar-refractivity contribution is -0.123. The molecule has 1 aliphatic rings. The summed E-state index contributed by atoms with van der Waals surface area (Å²) in [5.74, 6) is 1.63. The number of guanidine groups is 1. The van der Waals surface area contributed by atoms with Crippen molar-refractivity contribution in [1.29, 1.82) is 0 Å². The Kier molecular flexibility index (Phi) is 12.4. The van der Waals surface area contributed by atoms with Gasteiger partial charge in [-0.25, -0.2) is 0 Å². The van der Waals surface area contributed by atoms with Crippen LogP contribution < -0.4 is 26.6 Å². The van der Waals surface area contributed by atoms with Crippen LogP contribution in [0.3, 0.4) is 0 Å². The van der Waals surface area contributed by atoms with Crippen LogP contribution in [-0.4, -0.2) is 69.1 Å². The van der Waals surface area contributed by atoms with Gasteiger partial charge < -0.3 is 26.6 Å². The first-order valence-electron chi connectivity index (χ1n) is 10.0. The predicted molar refractivity (Wildman–Crippen MR) is 118 cm³/mol. The van der Waals surface area contributed by atoms with E-state index in [1.165, 1.54) is 0 Å². The third kappa shape index (κ3) is 8.97. The fourth-order valence-corrected chi connectivity index (χ4v) is 4.01. The predicted octanol–water partition coefficient (Wildman–Crippen LogP) is 0.571. The molecule has 160 valence electrons. The Labute approximate surface area is 173 Å². The van der Waals surface area contributed by atoms with E-state index in [0.29, 0.717) is 13.0 Å². The van der Waals surface area contributed by atoms with E-state index in [9.17, 15) is 9.59 Å². The second-order valence-electron chi connectivity index (χ2n) is 6.58. The second-order valence-corrected chi connectivity index (χ2v) is 7.89. The Hall–Kier alpha value is -1.74. The van der Waals surface area contributed by atoms with E-state index in [-0.39, 0.29) is 23.1 Å². The van der Waals surface area contributed by atoms with Gasteiger partial charge in [0.2, 0.25) is 11.8 Å². The fourth-order valence-electron chi connectivity index (χ4n) is 2.90. The first-order chi connectivity index (χ1) is 13.5. The summed E-state index contributed by atoms with van der Waals surface area (Å²) in [5.41, 5.74) is 1.03. The molecule has 1 aliphatic heterocycles. The van der Waals surface area contributed by atoms with Gasteiger partial charge in [0.15, 0.2) is 5.96 Å². The van der Waals surface area contributed by atoms with Gasteiger partial charge in [-0.1, -0.05) is 19.4 Å². The summed E-state index contributed by atoms with van der Waals surface area (Å²) in [7, 11) is 5.34. The first-order valence-corrected chi connectivity index (χ1v) is 11.0. The molecule has 0 bridgehead atoms. The first kappa shape index (κ1) is 24.3. The minimum Gasteiger partial charge on any atom is -0.359 e. The van der Waals surface area contributed by atoms with Crippen LogP contribution in [0.25, 0.3) is 0 Å². The van der Waals surface area contributed by atoms with Crippen LogP contribution in [-0.2, 0) is 9.59 Å². The normalized spacial score (nSPS) is 19.4. The molecule has 8 nitrogen and oxygen atoms in total. The summed E-state index contributed by atoms with van der Waals surface area (Å²) in [5, 5.41) is 15.3. The number of thioether (sulfide) groups is 1. The lowest BCUT2D eigenvalue weighted by atomic mass is 10.1. The maximum Gasteiger partial charge on any atom is 0.237 e. The molecule has 1 rings (SSSR count). The highest BCUT2D eigenvalue weighted by molar-refractivity contribution is 8.00. The Balaban J connectivity index is 2.27. The van der Waals surface area contributed by atoms with Gasteiger partial charge in [0.05, 0.1) is 11.3 Å². The molecule has 1 heterocycles. The number of carbonyl (C=O) groups is 2.